The van der Waals surface area contributed by atoms with Crippen molar-refractivity contribution in [3.63, 3.8) is 0 Å². The molecule has 156 valence electrons. The maximum atomic E-state index is 13.5. The lowest BCUT2D eigenvalue weighted by atomic mass is 10.1. The molecule has 0 fully saturated rings. The number of hydrogen-bond donors (Lipinski definition) is 0. The summed E-state index contributed by atoms with van der Waals surface area (Å²) in [6.07, 6.45) is 0. The molecular weight excluding hydrogens is 412 g/mol. The van der Waals surface area contributed by atoms with Crippen molar-refractivity contribution in [2.24, 2.45) is 0 Å². The minimum Gasteiger partial charge on any atom is -0.402 e. The number of para-hydroxylation sites is 1. The van der Waals surface area contributed by atoms with E-state index >= 15 is 0 Å². The van der Waals surface area contributed by atoms with Gasteiger partial charge in [0.2, 0.25) is 15.7 Å². The van der Waals surface area contributed by atoms with Gasteiger partial charge in [-0.05, 0) is 49.7 Å². The topological polar surface area (TPSA) is 78.3 Å². The van der Waals surface area contributed by atoms with Crippen LogP contribution < -0.4 is 4.74 Å². The van der Waals surface area contributed by atoms with Gasteiger partial charge in [-0.15, -0.1) is 0 Å². The Labute approximate surface area is 180 Å². The van der Waals surface area contributed by atoms with Gasteiger partial charge < -0.3 is 4.74 Å². The summed E-state index contributed by atoms with van der Waals surface area (Å²) in [6, 6.07) is 23.9. The van der Waals surface area contributed by atoms with E-state index in [2.05, 4.69) is 5.10 Å². The van der Waals surface area contributed by atoms with Gasteiger partial charge in [-0.1, -0.05) is 54.6 Å². The van der Waals surface area contributed by atoms with E-state index in [1.54, 1.807) is 74.5 Å². The van der Waals surface area contributed by atoms with Gasteiger partial charge in [0.1, 0.15) is 0 Å². The van der Waals surface area contributed by atoms with Gasteiger partial charge in [-0.3, -0.25) is 0 Å². The quantitative estimate of drug-likeness (QED) is 0.433. The number of rotatable bonds is 5. The maximum absolute atomic E-state index is 13.5. The standard InChI is InChI=1S/C24H20N2O4S/c1-17-11-9-10-16-21(17)24(27)30-23-22(31(28,29)20-14-7-4-8-15-20)18(2)25-26(23)19-12-5-3-6-13-19/h3-16H,1-2H3. The van der Waals surface area contributed by atoms with Gasteiger partial charge in [0.05, 0.1) is 21.8 Å². The minimum atomic E-state index is -3.99. The van der Waals surface area contributed by atoms with Gasteiger partial charge in [0, 0.05) is 0 Å². The second-order valence-corrected chi connectivity index (χ2v) is 8.87. The zero-order valence-electron chi connectivity index (χ0n) is 17.0. The number of benzene rings is 3. The van der Waals surface area contributed by atoms with Gasteiger partial charge >= 0.3 is 5.97 Å². The Morgan fingerprint density at radius 2 is 1.42 bits per heavy atom. The lowest BCUT2D eigenvalue weighted by molar-refractivity contribution is 0.0717. The SMILES string of the molecule is Cc1ccccc1C(=O)Oc1c(S(=O)(=O)c2ccccc2)c(C)nn1-c1ccccc1. The van der Waals surface area contributed by atoms with E-state index in [-0.39, 0.29) is 21.4 Å². The molecule has 4 rings (SSSR count). The summed E-state index contributed by atoms with van der Waals surface area (Å²) >= 11 is 0. The lowest BCUT2D eigenvalue weighted by Gasteiger charge is -2.12. The van der Waals surface area contributed by atoms with Crippen molar-refractivity contribution in [2.45, 2.75) is 23.6 Å². The molecule has 0 amide bonds. The Bertz CT molecular complexity index is 1350. The number of aromatic nitrogens is 2. The van der Waals surface area contributed by atoms with Crippen LogP contribution in [0.2, 0.25) is 0 Å². The van der Waals surface area contributed by atoms with E-state index in [0.29, 0.717) is 11.3 Å². The van der Waals surface area contributed by atoms with Crippen molar-refractivity contribution in [3.8, 4) is 11.6 Å². The Hall–Kier alpha value is -3.71. The van der Waals surface area contributed by atoms with Gasteiger partial charge in [0.15, 0.2) is 4.90 Å². The maximum Gasteiger partial charge on any atom is 0.345 e. The van der Waals surface area contributed by atoms with Gasteiger partial charge in [0.25, 0.3) is 0 Å². The van der Waals surface area contributed by atoms with Crippen molar-refractivity contribution in [1.82, 2.24) is 9.78 Å². The summed E-state index contributed by atoms with van der Waals surface area (Å²) in [7, 11) is -3.99. The van der Waals surface area contributed by atoms with Crippen LogP contribution in [-0.2, 0) is 9.84 Å². The predicted molar refractivity (Wildman–Crippen MR) is 116 cm³/mol. The van der Waals surface area contributed by atoms with Crippen molar-refractivity contribution in [2.75, 3.05) is 0 Å². The molecule has 6 nitrogen and oxygen atoms in total. The van der Waals surface area contributed by atoms with E-state index in [4.69, 9.17) is 4.74 Å². The first kappa shape index (κ1) is 20.6. The van der Waals surface area contributed by atoms with Crippen LogP contribution in [0.1, 0.15) is 21.6 Å². The fourth-order valence-electron chi connectivity index (χ4n) is 3.30. The number of sulfone groups is 1. The molecular formula is C24H20N2O4S. The van der Waals surface area contributed by atoms with Crippen molar-refractivity contribution in [3.05, 3.63) is 102 Å². The highest BCUT2D eigenvalue weighted by Gasteiger charge is 2.32. The third-order valence-electron chi connectivity index (χ3n) is 4.84. The first-order valence-electron chi connectivity index (χ1n) is 9.62. The average Bonchev–Trinajstić information content (AvgIpc) is 3.11. The molecule has 0 aliphatic rings. The minimum absolute atomic E-state index is 0.0962. The second kappa shape index (κ2) is 8.20. The molecule has 4 aromatic rings. The first-order chi connectivity index (χ1) is 14.9. The third-order valence-corrected chi connectivity index (χ3v) is 6.74. The predicted octanol–water partition coefficient (Wildman–Crippen LogP) is 4.54. The summed E-state index contributed by atoms with van der Waals surface area (Å²) in [4.78, 5) is 12.9. The van der Waals surface area contributed by atoms with Crippen LogP contribution in [0.5, 0.6) is 5.88 Å². The van der Waals surface area contributed by atoms with E-state index in [1.807, 2.05) is 12.1 Å². The van der Waals surface area contributed by atoms with E-state index in [9.17, 15) is 13.2 Å². The van der Waals surface area contributed by atoms with Crippen LogP contribution in [-0.4, -0.2) is 24.2 Å². The zero-order chi connectivity index (χ0) is 22.0. The van der Waals surface area contributed by atoms with E-state index < -0.39 is 15.8 Å². The zero-order valence-corrected chi connectivity index (χ0v) is 17.8. The fourth-order valence-corrected chi connectivity index (χ4v) is 4.84. The molecule has 31 heavy (non-hydrogen) atoms. The van der Waals surface area contributed by atoms with Crippen LogP contribution in [0, 0.1) is 13.8 Å². The van der Waals surface area contributed by atoms with Crippen molar-refractivity contribution >= 4 is 15.8 Å². The Morgan fingerprint density at radius 1 is 0.839 bits per heavy atom. The molecule has 0 unspecified atom stereocenters. The number of carbonyl (C=O) groups excluding carboxylic acids is 1. The summed E-state index contributed by atoms with van der Waals surface area (Å²) in [6.45, 7) is 3.37. The number of nitrogens with zero attached hydrogens (tertiary/aromatic N) is 2. The average molecular weight is 433 g/mol. The number of esters is 1. The molecule has 0 aliphatic heterocycles. The Morgan fingerprint density at radius 3 is 2.06 bits per heavy atom. The molecule has 0 saturated carbocycles. The number of ether oxygens (including phenoxy) is 1. The molecule has 1 aromatic heterocycles. The first-order valence-corrected chi connectivity index (χ1v) is 11.1. The third kappa shape index (κ3) is 3.87. The Kier molecular flexibility index (Phi) is 5.44. The van der Waals surface area contributed by atoms with Crippen LogP contribution >= 0.6 is 0 Å². The van der Waals surface area contributed by atoms with Crippen LogP contribution in [0.3, 0.4) is 0 Å². The summed E-state index contributed by atoms with van der Waals surface area (Å²) in [5.41, 5.74) is 1.89. The molecule has 7 heteroatoms. The molecule has 0 spiro atoms. The lowest BCUT2D eigenvalue weighted by Crippen LogP contribution is -2.15. The number of hydrogen-bond acceptors (Lipinski definition) is 5. The normalized spacial score (nSPS) is 11.3. The molecule has 0 saturated heterocycles. The van der Waals surface area contributed by atoms with Crippen LogP contribution in [0.4, 0.5) is 0 Å². The fraction of sp³-hybridized carbons (Fsp3) is 0.0833. The van der Waals surface area contributed by atoms with E-state index in [1.165, 1.54) is 16.8 Å². The van der Waals surface area contributed by atoms with Gasteiger partial charge in [-0.25, -0.2) is 13.2 Å². The highest BCUT2D eigenvalue weighted by Crippen LogP contribution is 2.35. The largest absolute Gasteiger partial charge is 0.402 e. The summed E-state index contributed by atoms with van der Waals surface area (Å²) in [5.74, 6) is -0.791. The molecule has 0 bridgehead atoms. The molecule has 0 radical (unpaired) electrons. The summed E-state index contributed by atoms with van der Waals surface area (Å²) < 4.78 is 34.0. The van der Waals surface area contributed by atoms with Crippen LogP contribution in [0.25, 0.3) is 5.69 Å². The molecule has 0 atom stereocenters. The monoisotopic (exact) mass is 432 g/mol. The number of carbonyl (C=O) groups is 1. The molecule has 1 heterocycles. The molecule has 0 N–H and O–H groups in total. The van der Waals surface area contributed by atoms with Crippen LogP contribution in [0.15, 0.2) is 94.7 Å². The smallest absolute Gasteiger partial charge is 0.345 e. The highest BCUT2D eigenvalue weighted by molar-refractivity contribution is 7.91. The van der Waals surface area contributed by atoms with Crippen molar-refractivity contribution in [1.29, 1.82) is 0 Å². The molecule has 3 aromatic carbocycles. The summed E-state index contributed by atoms with van der Waals surface area (Å²) in [5, 5.41) is 4.40. The Balaban J connectivity index is 1.91. The second-order valence-electron chi connectivity index (χ2n) is 6.99. The van der Waals surface area contributed by atoms with Crippen molar-refractivity contribution < 1.29 is 17.9 Å². The van der Waals surface area contributed by atoms with E-state index in [0.717, 1.165) is 5.56 Å². The highest BCUT2D eigenvalue weighted by atomic mass is 32.2. The molecule has 0 aliphatic carbocycles. The number of aryl methyl sites for hydroxylation is 2. The van der Waals surface area contributed by atoms with Gasteiger partial charge in [-0.2, -0.15) is 9.78 Å².